The Kier molecular flexibility index (Phi) is 16.5. The molecule has 1 aromatic heterocycles. The summed E-state index contributed by atoms with van der Waals surface area (Å²) in [5.74, 6) is 0. The van der Waals surface area contributed by atoms with Crippen molar-refractivity contribution in [2.45, 2.75) is 0 Å². The Bertz CT molecular complexity index is 260. The van der Waals surface area contributed by atoms with Crippen LogP contribution in [0.2, 0.25) is 0 Å². The summed E-state index contributed by atoms with van der Waals surface area (Å²) in [6.45, 7) is 4.50. The molecule has 0 fully saturated rings. The van der Waals surface area contributed by atoms with Gasteiger partial charge in [-0.1, -0.05) is 0 Å². The Morgan fingerprint density at radius 3 is 2.00 bits per heavy atom. The van der Waals surface area contributed by atoms with Gasteiger partial charge in [0, 0.05) is 12.4 Å². The number of hydrogen-bond donors (Lipinski definition) is 0. The van der Waals surface area contributed by atoms with Gasteiger partial charge < -0.3 is 0 Å². The first kappa shape index (κ1) is 15.1. The standard InChI is InChI=1S/C6H4N2.CO.2ClH.Pt/c7-5-6-1-3-8-4-2-6;1-2;;;/h1-4H;;2*1H;/q;;;;+2/p-2. The van der Waals surface area contributed by atoms with Crippen LogP contribution in [0, 0.1) is 18.0 Å². The number of rotatable bonds is 0. The zero-order valence-electron chi connectivity index (χ0n) is 6.18. The van der Waals surface area contributed by atoms with Crippen molar-refractivity contribution in [3.63, 3.8) is 0 Å². The van der Waals surface area contributed by atoms with Crippen molar-refractivity contribution in [3.05, 3.63) is 36.7 Å². The second-order valence-electron chi connectivity index (χ2n) is 1.39. The van der Waals surface area contributed by atoms with Gasteiger partial charge in [0.25, 0.3) is 0 Å². The average Bonchev–Trinajstić information content (AvgIpc) is 2.23. The molecule has 0 radical (unpaired) electrons. The van der Waals surface area contributed by atoms with E-state index in [2.05, 4.69) is 11.6 Å². The summed E-state index contributed by atoms with van der Waals surface area (Å²) in [5, 5.41) is 8.26. The fraction of sp³-hybridized carbons (Fsp3) is 0. The molecule has 0 saturated heterocycles. The van der Waals surface area contributed by atoms with E-state index in [-0.39, 0.29) is 0 Å². The Hall–Kier alpha value is -0.352. The van der Waals surface area contributed by atoms with Crippen molar-refractivity contribution in [2.75, 3.05) is 0 Å². The molecule has 0 saturated carbocycles. The van der Waals surface area contributed by atoms with Gasteiger partial charge in [-0.15, -0.1) is 0 Å². The van der Waals surface area contributed by atoms with Gasteiger partial charge in [-0.05, 0) is 12.1 Å². The molecule has 0 N–H and O–H groups in total. The molecule has 0 aromatic carbocycles. The first-order chi connectivity index (χ1) is 6.35. The first-order valence-electron chi connectivity index (χ1n) is 2.68. The summed E-state index contributed by atoms with van der Waals surface area (Å²) < 4.78 is 7.50. The van der Waals surface area contributed by atoms with Crippen molar-refractivity contribution in [1.82, 2.24) is 4.98 Å². The van der Waals surface area contributed by atoms with E-state index in [1.165, 1.54) is 0 Å². The molecule has 0 aliphatic heterocycles. The van der Waals surface area contributed by atoms with E-state index in [0.717, 1.165) is 0 Å². The Balaban J connectivity index is 0. The normalized spacial score (nSPS) is 6.69. The third-order valence-electron chi connectivity index (χ3n) is 0.809. The molecule has 1 aromatic rings. The molecule has 3 nitrogen and oxygen atoms in total. The van der Waals surface area contributed by atoms with Gasteiger partial charge in [0.05, 0.1) is 11.6 Å². The quantitative estimate of drug-likeness (QED) is 0.498. The summed E-state index contributed by atoms with van der Waals surface area (Å²) in [6.07, 6.45) is 3.19. The molecule has 1 rings (SSSR count). The van der Waals surface area contributed by atoms with Crippen LogP contribution in [0.15, 0.2) is 24.5 Å². The fourth-order valence-corrected chi connectivity index (χ4v) is 0.426. The predicted molar refractivity (Wildman–Crippen MR) is 44.6 cm³/mol. The third kappa shape index (κ3) is 11.6. The van der Waals surface area contributed by atoms with Gasteiger partial charge in [0.15, 0.2) is 0 Å². The number of nitriles is 1. The minimum atomic E-state index is -0.472. The minimum absolute atomic E-state index is 0.472. The van der Waals surface area contributed by atoms with Crippen LogP contribution in [0.25, 0.3) is 0 Å². The number of nitrogens with zero attached hydrogens (tertiary/aromatic N) is 2. The van der Waals surface area contributed by atoms with E-state index in [4.69, 9.17) is 28.8 Å². The number of aromatic nitrogens is 1. The molecule has 0 aliphatic rings. The summed E-state index contributed by atoms with van der Waals surface area (Å²) in [4.78, 5) is 3.74. The van der Waals surface area contributed by atoms with Crippen molar-refractivity contribution < 1.29 is 21.1 Å². The van der Waals surface area contributed by atoms with E-state index in [1.54, 1.807) is 24.5 Å². The van der Waals surface area contributed by atoms with Crippen molar-refractivity contribution in [2.24, 2.45) is 0 Å². The fourth-order valence-electron chi connectivity index (χ4n) is 0.426. The van der Waals surface area contributed by atoms with Crippen LogP contribution in [0.1, 0.15) is 5.56 Å². The van der Waals surface area contributed by atoms with Gasteiger partial charge in [0.2, 0.25) is 0 Å². The van der Waals surface area contributed by atoms with E-state index in [0.29, 0.717) is 5.56 Å². The SMILES string of the molecule is N#Cc1ccncc1.[C-]#[O+].[Cl][Pt][Cl]. The maximum absolute atomic E-state index is 8.26. The van der Waals surface area contributed by atoms with Gasteiger partial charge in [0.1, 0.15) is 0 Å². The van der Waals surface area contributed by atoms with Crippen LogP contribution >= 0.6 is 18.8 Å². The summed E-state index contributed by atoms with van der Waals surface area (Å²) in [5.41, 5.74) is 0.653. The number of pyridine rings is 1. The molecule has 0 amide bonds. The van der Waals surface area contributed by atoms with Crippen LogP contribution in [0.5, 0.6) is 0 Å². The van der Waals surface area contributed by atoms with Crippen LogP contribution < -0.4 is 0 Å². The summed E-state index contributed by atoms with van der Waals surface area (Å²) in [7, 11) is 9.75. The van der Waals surface area contributed by atoms with E-state index >= 15 is 0 Å². The Morgan fingerprint density at radius 2 is 1.77 bits per heavy atom. The maximum atomic E-state index is 8.26. The topological polar surface area (TPSA) is 56.6 Å². The molecule has 0 aliphatic carbocycles. The molecule has 72 valence electrons. The predicted octanol–water partition coefficient (Wildman–Crippen LogP) is 2.29. The molecule has 0 atom stereocenters. The zero-order chi connectivity index (χ0) is 10.5. The average molecular weight is 398 g/mol. The molecule has 13 heavy (non-hydrogen) atoms. The van der Waals surface area contributed by atoms with Gasteiger partial charge >= 0.3 is 46.6 Å². The van der Waals surface area contributed by atoms with E-state index in [1.807, 2.05) is 6.07 Å². The first-order valence-corrected chi connectivity index (χ1v) is 8.31. The molecule has 0 unspecified atom stereocenters. The van der Waals surface area contributed by atoms with Crippen molar-refractivity contribution in [1.29, 1.82) is 5.26 Å². The second-order valence-corrected chi connectivity index (χ2v) is 4.68. The van der Waals surface area contributed by atoms with Gasteiger partial charge in [-0.25, -0.2) is 0 Å². The monoisotopic (exact) mass is 397 g/mol. The third-order valence-corrected chi connectivity index (χ3v) is 0.809. The van der Waals surface area contributed by atoms with Crippen LogP contribution in [-0.2, 0) is 21.1 Å². The summed E-state index contributed by atoms with van der Waals surface area (Å²) >= 11 is -0.472. The van der Waals surface area contributed by atoms with Gasteiger partial charge in [-0.3, -0.25) is 4.98 Å². The number of halogens is 2. The van der Waals surface area contributed by atoms with Crippen molar-refractivity contribution in [3.8, 4) is 6.07 Å². The Morgan fingerprint density at radius 1 is 1.38 bits per heavy atom. The van der Waals surface area contributed by atoms with Gasteiger partial charge in [-0.2, -0.15) is 5.26 Å². The van der Waals surface area contributed by atoms with Crippen molar-refractivity contribution >= 4 is 18.8 Å². The van der Waals surface area contributed by atoms with E-state index in [9.17, 15) is 0 Å². The molecule has 0 spiro atoms. The van der Waals surface area contributed by atoms with Crippen LogP contribution in [0.3, 0.4) is 0 Å². The van der Waals surface area contributed by atoms with E-state index < -0.39 is 16.5 Å². The van der Waals surface area contributed by atoms with Crippen LogP contribution in [-0.4, -0.2) is 4.98 Å². The molecule has 6 heteroatoms. The molecular weight excluding hydrogens is 394 g/mol. The molecular formula is C7H4Cl2N2OPt. The Labute approximate surface area is 92.8 Å². The number of hydrogen-bond acceptors (Lipinski definition) is 2. The second kappa shape index (κ2) is 14.2. The summed E-state index contributed by atoms with van der Waals surface area (Å²) in [6, 6.07) is 5.32. The molecule has 0 bridgehead atoms. The van der Waals surface area contributed by atoms with Crippen LogP contribution in [0.4, 0.5) is 0 Å². The zero-order valence-corrected chi connectivity index (χ0v) is 9.97. The molecule has 1 heterocycles.